The van der Waals surface area contributed by atoms with Crippen LogP contribution in [-0.4, -0.2) is 23.9 Å². The van der Waals surface area contributed by atoms with Gasteiger partial charge in [0, 0.05) is 18.5 Å². The molecule has 0 spiro atoms. The van der Waals surface area contributed by atoms with Gasteiger partial charge in [0.2, 0.25) is 5.91 Å². The van der Waals surface area contributed by atoms with Crippen molar-refractivity contribution in [1.82, 2.24) is 4.90 Å². The maximum absolute atomic E-state index is 12.2. The molecule has 0 aromatic heterocycles. The average molecular weight is 197 g/mol. The summed E-state index contributed by atoms with van der Waals surface area (Å²) >= 11 is 0. The van der Waals surface area contributed by atoms with Gasteiger partial charge in [0.15, 0.2) is 0 Å². The molecule has 0 aliphatic carbocycles. The molecule has 2 nitrogen and oxygen atoms in total. The molecule has 1 aliphatic rings. The van der Waals surface area contributed by atoms with Gasteiger partial charge in [0.25, 0.3) is 0 Å². The third-order valence-corrected chi connectivity index (χ3v) is 3.76. The molecule has 0 radical (unpaired) electrons. The standard InChI is InChI=1S/C12H23NO/c1-9-7-13(8-9)10(14)12(5,6)11(2,3)4/h9H,7-8H2,1-6H3. The number of likely N-dealkylation sites (tertiary alicyclic amines) is 1. The average Bonchev–Trinajstić information content (AvgIpc) is 1.95. The Kier molecular flexibility index (Phi) is 2.68. The van der Waals surface area contributed by atoms with Crippen molar-refractivity contribution in [3.05, 3.63) is 0 Å². The highest BCUT2D eigenvalue weighted by Crippen LogP contribution is 2.40. The van der Waals surface area contributed by atoms with E-state index in [-0.39, 0.29) is 10.8 Å². The maximum Gasteiger partial charge on any atom is 0.228 e. The van der Waals surface area contributed by atoms with Crippen LogP contribution >= 0.6 is 0 Å². The fourth-order valence-electron chi connectivity index (χ4n) is 1.58. The zero-order valence-electron chi connectivity index (χ0n) is 10.3. The van der Waals surface area contributed by atoms with E-state index in [0.717, 1.165) is 13.1 Å². The highest BCUT2D eigenvalue weighted by molar-refractivity contribution is 5.83. The summed E-state index contributed by atoms with van der Waals surface area (Å²) in [6, 6.07) is 0. The normalized spacial score (nSPS) is 19.4. The lowest BCUT2D eigenvalue weighted by Crippen LogP contribution is -2.56. The maximum atomic E-state index is 12.2. The van der Waals surface area contributed by atoms with Crippen LogP contribution in [0, 0.1) is 16.7 Å². The van der Waals surface area contributed by atoms with E-state index in [1.54, 1.807) is 0 Å². The Hall–Kier alpha value is -0.530. The largest absolute Gasteiger partial charge is 0.342 e. The lowest BCUT2D eigenvalue weighted by molar-refractivity contribution is -0.152. The number of carbonyl (C=O) groups is 1. The second-order valence-electron chi connectivity index (χ2n) is 6.19. The molecule has 82 valence electrons. The first-order valence-electron chi connectivity index (χ1n) is 5.45. The van der Waals surface area contributed by atoms with Crippen molar-refractivity contribution in [2.75, 3.05) is 13.1 Å². The van der Waals surface area contributed by atoms with Crippen molar-refractivity contribution in [1.29, 1.82) is 0 Å². The van der Waals surface area contributed by atoms with Gasteiger partial charge < -0.3 is 4.90 Å². The topological polar surface area (TPSA) is 20.3 Å². The first-order chi connectivity index (χ1) is 6.16. The summed E-state index contributed by atoms with van der Waals surface area (Å²) < 4.78 is 0. The fourth-order valence-corrected chi connectivity index (χ4v) is 1.58. The molecule has 1 rings (SSSR count). The smallest absolute Gasteiger partial charge is 0.228 e. The van der Waals surface area contributed by atoms with E-state index in [1.807, 2.05) is 4.90 Å². The van der Waals surface area contributed by atoms with Gasteiger partial charge in [-0.15, -0.1) is 0 Å². The number of amides is 1. The quantitative estimate of drug-likeness (QED) is 0.632. The third-order valence-electron chi connectivity index (χ3n) is 3.76. The Morgan fingerprint density at radius 2 is 1.57 bits per heavy atom. The molecule has 0 aromatic rings. The molecular formula is C12H23NO. The number of nitrogens with zero attached hydrogens (tertiary/aromatic N) is 1. The first-order valence-corrected chi connectivity index (χ1v) is 5.45. The second kappa shape index (κ2) is 3.25. The summed E-state index contributed by atoms with van der Waals surface area (Å²) in [6.07, 6.45) is 0. The molecule has 0 N–H and O–H groups in total. The van der Waals surface area contributed by atoms with E-state index < -0.39 is 0 Å². The lowest BCUT2D eigenvalue weighted by Gasteiger charge is -2.46. The van der Waals surface area contributed by atoms with Crippen LogP contribution < -0.4 is 0 Å². The predicted molar refractivity (Wildman–Crippen MR) is 59.0 cm³/mol. The molecule has 0 aromatic carbocycles. The number of carbonyl (C=O) groups excluding carboxylic acids is 1. The van der Waals surface area contributed by atoms with Gasteiger partial charge in [-0.05, 0) is 11.3 Å². The molecule has 1 amide bonds. The van der Waals surface area contributed by atoms with Gasteiger partial charge in [-0.3, -0.25) is 4.79 Å². The molecule has 2 heteroatoms. The van der Waals surface area contributed by atoms with E-state index in [4.69, 9.17) is 0 Å². The number of rotatable bonds is 1. The second-order valence-corrected chi connectivity index (χ2v) is 6.19. The molecule has 1 heterocycles. The van der Waals surface area contributed by atoms with Gasteiger partial charge in [0.1, 0.15) is 0 Å². The molecular weight excluding hydrogens is 174 g/mol. The Morgan fingerprint density at radius 1 is 1.14 bits per heavy atom. The van der Waals surface area contributed by atoms with Crippen molar-refractivity contribution in [2.24, 2.45) is 16.7 Å². The molecule has 1 fully saturated rings. The van der Waals surface area contributed by atoms with Crippen LogP contribution in [-0.2, 0) is 4.79 Å². The summed E-state index contributed by atoms with van der Waals surface area (Å²) in [5.74, 6) is 0.998. The minimum atomic E-state index is -0.257. The third kappa shape index (κ3) is 1.79. The first kappa shape index (κ1) is 11.5. The summed E-state index contributed by atoms with van der Waals surface area (Å²) in [5, 5.41) is 0. The number of hydrogen-bond donors (Lipinski definition) is 0. The minimum Gasteiger partial charge on any atom is -0.342 e. The van der Waals surface area contributed by atoms with Crippen LogP contribution in [0.3, 0.4) is 0 Å². The lowest BCUT2D eigenvalue weighted by atomic mass is 9.68. The van der Waals surface area contributed by atoms with E-state index in [9.17, 15) is 4.79 Å². The Morgan fingerprint density at radius 3 is 1.86 bits per heavy atom. The SMILES string of the molecule is CC1CN(C(=O)C(C)(C)C(C)(C)C)C1. The van der Waals surface area contributed by atoms with Crippen molar-refractivity contribution in [3.63, 3.8) is 0 Å². The van der Waals surface area contributed by atoms with Crippen molar-refractivity contribution in [2.45, 2.75) is 41.5 Å². The van der Waals surface area contributed by atoms with Gasteiger partial charge in [-0.1, -0.05) is 41.5 Å². The van der Waals surface area contributed by atoms with E-state index in [2.05, 4.69) is 41.5 Å². The summed E-state index contributed by atoms with van der Waals surface area (Å²) in [7, 11) is 0. The van der Waals surface area contributed by atoms with Crippen molar-refractivity contribution >= 4 is 5.91 Å². The summed E-state index contributed by atoms with van der Waals surface area (Å²) in [5.41, 5.74) is -0.226. The Labute approximate surface area is 87.7 Å². The molecule has 14 heavy (non-hydrogen) atoms. The van der Waals surface area contributed by atoms with Crippen LogP contribution in [0.1, 0.15) is 41.5 Å². The molecule has 0 unspecified atom stereocenters. The Balaban J connectivity index is 2.69. The molecule has 0 atom stereocenters. The zero-order valence-corrected chi connectivity index (χ0v) is 10.3. The van der Waals surface area contributed by atoms with Gasteiger partial charge in [-0.25, -0.2) is 0 Å². The van der Waals surface area contributed by atoms with Crippen molar-refractivity contribution < 1.29 is 4.79 Å². The molecule has 0 saturated carbocycles. The monoisotopic (exact) mass is 197 g/mol. The summed E-state index contributed by atoms with van der Waals surface area (Å²) in [6.45, 7) is 14.6. The molecule has 1 saturated heterocycles. The molecule has 1 aliphatic heterocycles. The van der Waals surface area contributed by atoms with Crippen LogP contribution in [0.15, 0.2) is 0 Å². The highest BCUT2D eigenvalue weighted by Gasteiger charge is 2.44. The van der Waals surface area contributed by atoms with Gasteiger partial charge in [-0.2, -0.15) is 0 Å². The van der Waals surface area contributed by atoms with E-state index in [1.165, 1.54) is 0 Å². The van der Waals surface area contributed by atoms with Crippen LogP contribution in [0.4, 0.5) is 0 Å². The molecule has 0 bridgehead atoms. The highest BCUT2D eigenvalue weighted by atomic mass is 16.2. The predicted octanol–water partition coefficient (Wildman–Crippen LogP) is 2.54. The van der Waals surface area contributed by atoms with E-state index >= 15 is 0 Å². The van der Waals surface area contributed by atoms with Crippen LogP contribution in [0.5, 0.6) is 0 Å². The summed E-state index contributed by atoms with van der Waals surface area (Å²) in [4.78, 5) is 14.1. The van der Waals surface area contributed by atoms with Gasteiger partial charge in [0.05, 0.1) is 0 Å². The van der Waals surface area contributed by atoms with Crippen LogP contribution in [0.25, 0.3) is 0 Å². The van der Waals surface area contributed by atoms with E-state index in [0.29, 0.717) is 11.8 Å². The van der Waals surface area contributed by atoms with Crippen LogP contribution in [0.2, 0.25) is 0 Å². The Bertz CT molecular complexity index is 231. The zero-order chi connectivity index (χ0) is 11.1. The van der Waals surface area contributed by atoms with Crippen molar-refractivity contribution in [3.8, 4) is 0 Å². The van der Waals surface area contributed by atoms with Gasteiger partial charge >= 0.3 is 0 Å². The minimum absolute atomic E-state index is 0.0307. The number of hydrogen-bond acceptors (Lipinski definition) is 1. The fraction of sp³-hybridized carbons (Fsp3) is 0.917.